The van der Waals surface area contributed by atoms with Crippen molar-refractivity contribution in [2.45, 2.75) is 25.0 Å². The third-order valence-electron chi connectivity index (χ3n) is 4.10. The van der Waals surface area contributed by atoms with E-state index < -0.39 is 0 Å². The first kappa shape index (κ1) is 14.6. The zero-order chi connectivity index (χ0) is 15.0. The molecule has 3 heterocycles. The number of carbonyl (C=O) groups excluding carboxylic acids is 1. The van der Waals surface area contributed by atoms with Gasteiger partial charge in [0, 0.05) is 39.3 Å². The first-order valence-electron chi connectivity index (χ1n) is 7.17. The molecule has 3 rings (SSSR count). The van der Waals surface area contributed by atoms with E-state index in [0.29, 0.717) is 23.8 Å². The summed E-state index contributed by atoms with van der Waals surface area (Å²) in [6.45, 7) is 2.97. The van der Waals surface area contributed by atoms with Crippen LogP contribution in [0, 0.1) is 0 Å². The number of anilines is 2. The van der Waals surface area contributed by atoms with E-state index >= 15 is 0 Å². The number of rotatable bonds is 3. The van der Waals surface area contributed by atoms with Crippen LogP contribution in [-0.4, -0.2) is 61.2 Å². The number of amides is 1. The van der Waals surface area contributed by atoms with E-state index in [-0.39, 0.29) is 18.1 Å². The Morgan fingerprint density at radius 1 is 1.38 bits per heavy atom. The normalized spacial score (nSPS) is 25.8. The number of carbonyl (C=O) groups is 1. The largest absolute Gasteiger partial charge is 0.382 e. The summed E-state index contributed by atoms with van der Waals surface area (Å²) in [5.41, 5.74) is 11.9. The van der Waals surface area contributed by atoms with Crippen molar-refractivity contribution in [1.82, 2.24) is 9.88 Å². The van der Waals surface area contributed by atoms with Crippen molar-refractivity contribution in [3.8, 4) is 0 Å². The third-order valence-corrected chi connectivity index (χ3v) is 5.22. The van der Waals surface area contributed by atoms with Crippen LogP contribution in [0.25, 0.3) is 0 Å². The van der Waals surface area contributed by atoms with Crippen LogP contribution >= 0.6 is 11.3 Å². The van der Waals surface area contributed by atoms with Gasteiger partial charge in [-0.1, -0.05) is 11.3 Å². The molecule has 116 valence electrons. The molecule has 1 aromatic rings. The standard InChI is InChI=1S/C13H21N5O2S/c1-20-9-3-5-17(7-9)12(19)10-11(15)16-13(21-10)18-4-2-8(14)6-18/h8-9H,2-7,14-15H2,1H3. The summed E-state index contributed by atoms with van der Waals surface area (Å²) < 4.78 is 5.30. The van der Waals surface area contributed by atoms with Gasteiger partial charge < -0.3 is 26.0 Å². The molecule has 2 atom stereocenters. The molecule has 2 aliphatic rings. The lowest BCUT2D eigenvalue weighted by atomic mass is 10.3. The Hall–Kier alpha value is -1.38. The number of nitrogens with two attached hydrogens (primary N) is 2. The van der Waals surface area contributed by atoms with Crippen LogP contribution in [0.5, 0.6) is 0 Å². The number of hydrogen-bond donors (Lipinski definition) is 2. The Bertz CT molecular complexity index is 535. The number of aromatic nitrogens is 1. The van der Waals surface area contributed by atoms with Gasteiger partial charge in [-0.05, 0) is 12.8 Å². The molecule has 0 radical (unpaired) electrons. The highest BCUT2D eigenvalue weighted by molar-refractivity contribution is 7.18. The van der Waals surface area contributed by atoms with Crippen LogP contribution < -0.4 is 16.4 Å². The molecule has 2 unspecified atom stereocenters. The van der Waals surface area contributed by atoms with E-state index in [0.717, 1.165) is 31.1 Å². The number of ether oxygens (including phenoxy) is 1. The summed E-state index contributed by atoms with van der Waals surface area (Å²) in [6, 6.07) is 0.176. The van der Waals surface area contributed by atoms with Crippen molar-refractivity contribution in [3.63, 3.8) is 0 Å². The van der Waals surface area contributed by atoms with Gasteiger partial charge in [-0.2, -0.15) is 0 Å². The molecule has 0 aromatic carbocycles. The van der Waals surface area contributed by atoms with E-state index in [1.165, 1.54) is 11.3 Å². The summed E-state index contributed by atoms with van der Waals surface area (Å²) in [6.07, 6.45) is 1.94. The molecule has 0 bridgehead atoms. The quantitative estimate of drug-likeness (QED) is 0.823. The van der Waals surface area contributed by atoms with Gasteiger partial charge in [-0.25, -0.2) is 4.98 Å². The van der Waals surface area contributed by atoms with Gasteiger partial charge >= 0.3 is 0 Å². The van der Waals surface area contributed by atoms with Crippen molar-refractivity contribution in [3.05, 3.63) is 4.88 Å². The zero-order valence-corrected chi connectivity index (χ0v) is 12.9. The lowest BCUT2D eigenvalue weighted by Crippen LogP contribution is -2.29. The Morgan fingerprint density at radius 2 is 2.19 bits per heavy atom. The minimum Gasteiger partial charge on any atom is -0.382 e. The molecule has 2 fully saturated rings. The number of nitrogen functional groups attached to an aromatic ring is 1. The van der Waals surface area contributed by atoms with Crippen LogP contribution in [0.3, 0.4) is 0 Å². The smallest absolute Gasteiger partial charge is 0.267 e. The Kier molecular flexibility index (Phi) is 4.01. The number of thiazole rings is 1. The van der Waals surface area contributed by atoms with Crippen molar-refractivity contribution in [2.75, 3.05) is 43.9 Å². The van der Waals surface area contributed by atoms with Crippen LogP contribution in [0.15, 0.2) is 0 Å². The molecule has 8 heteroatoms. The van der Waals surface area contributed by atoms with Crippen molar-refractivity contribution in [1.29, 1.82) is 0 Å². The second-order valence-electron chi connectivity index (χ2n) is 5.60. The van der Waals surface area contributed by atoms with Crippen LogP contribution in [0.2, 0.25) is 0 Å². The molecular formula is C13H21N5O2S. The number of methoxy groups -OCH3 is 1. The average molecular weight is 311 g/mol. The van der Waals surface area contributed by atoms with Crippen LogP contribution in [0.4, 0.5) is 10.9 Å². The van der Waals surface area contributed by atoms with Crippen LogP contribution in [0.1, 0.15) is 22.5 Å². The van der Waals surface area contributed by atoms with Crippen molar-refractivity contribution in [2.24, 2.45) is 5.73 Å². The minimum atomic E-state index is -0.0423. The summed E-state index contributed by atoms with van der Waals surface area (Å²) in [7, 11) is 1.68. The average Bonchev–Trinajstić information content (AvgIpc) is 3.17. The van der Waals surface area contributed by atoms with Gasteiger partial charge in [0.05, 0.1) is 6.10 Å². The summed E-state index contributed by atoms with van der Waals surface area (Å²) in [5.74, 6) is 0.278. The Balaban J connectivity index is 1.73. The van der Waals surface area contributed by atoms with Crippen molar-refractivity contribution >= 4 is 28.2 Å². The van der Waals surface area contributed by atoms with Gasteiger partial charge in [0.15, 0.2) is 5.13 Å². The highest BCUT2D eigenvalue weighted by Gasteiger charge is 2.31. The lowest BCUT2D eigenvalue weighted by molar-refractivity contribution is 0.0729. The van der Waals surface area contributed by atoms with Crippen molar-refractivity contribution < 1.29 is 9.53 Å². The second kappa shape index (κ2) is 5.78. The summed E-state index contributed by atoms with van der Waals surface area (Å²) in [4.78, 5) is 21.3. The van der Waals surface area contributed by atoms with Gasteiger partial charge in [-0.15, -0.1) is 0 Å². The predicted octanol–water partition coefficient (Wildman–Crippen LogP) is 0.124. The predicted molar refractivity (Wildman–Crippen MR) is 82.6 cm³/mol. The Labute approximate surface area is 127 Å². The summed E-state index contributed by atoms with van der Waals surface area (Å²) >= 11 is 1.36. The molecule has 1 amide bonds. The van der Waals surface area contributed by atoms with E-state index in [1.54, 1.807) is 12.0 Å². The zero-order valence-electron chi connectivity index (χ0n) is 12.1. The highest BCUT2D eigenvalue weighted by atomic mass is 32.1. The molecule has 1 aromatic heterocycles. The molecule has 0 spiro atoms. The molecular weight excluding hydrogens is 290 g/mol. The molecule has 2 saturated heterocycles. The highest BCUT2D eigenvalue weighted by Crippen LogP contribution is 2.31. The monoisotopic (exact) mass is 311 g/mol. The van der Waals surface area contributed by atoms with Gasteiger partial charge in [-0.3, -0.25) is 4.79 Å². The van der Waals surface area contributed by atoms with E-state index in [9.17, 15) is 4.79 Å². The molecule has 0 aliphatic carbocycles. The molecule has 0 saturated carbocycles. The maximum Gasteiger partial charge on any atom is 0.267 e. The summed E-state index contributed by atoms with van der Waals surface area (Å²) in [5, 5.41) is 0.797. The van der Waals surface area contributed by atoms with Gasteiger partial charge in [0.25, 0.3) is 5.91 Å². The fraction of sp³-hybridized carbons (Fsp3) is 0.692. The maximum absolute atomic E-state index is 12.5. The van der Waals surface area contributed by atoms with E-state index in [4.69, 9.17) is 16.2 Å². The van der Waals surface area contributed by atoms with E-state index in [1.807, 2.05) is 0 Å². The van der Waals surface area contributed by atoms with Gasteiger partial charge in [0.2, 0.25) is 0 Å². The lowest BCUT2D eigenvalue weighted by Gasteiger charge is -2.15. The van der Waals surface area contributed by atoms with Crippen LogP contribution in [-0.2, 0) is 4.74 Å². The first-order chi connectivity index (χ1) is 10.1. The third kappa shape index (κ3) is 2.83. The number of nitrogens with zero attached hydrogens (tertiary/aromatic N) is 3. The number of likely N-dealkylation sites (tertiary alicyclic amines) is 1. The molecule has 2 aliphatic heterocycles. The van der Waals surface area contributed by atoms with E-state index in [2.05, 4.69) is 9.88 Å². The Morgan fingerprint density at radius 3 is 2.81 bits per heavy atom. The fourth-order valence-corrected chi connectivity index (χ4v) is 3.81. The van der Waals surface area contributed by atoms with Gasteiger partial charge in [0.1, 0.15) is 10.7 Å². The first-order valence-corrected chi connectivity index (χ1v) is 7.99. The SMILES string of the molecule is COC1CCN(C(=O)c2sc(N3CCC(N)C3)nc2N)C1. The molecule has 21 heavy (non-hydrogen) atoms. The molecule has 7 nitrogen and oxygen atoms in total. The second-order valence-corrected chi connectivity index (χ2v) is 6.58. The molecule has 4 N–H and O–H groups in total. The maximum atomic E-state index is 12.5. The topological polar surface area (TPSA) is 97.7 Å². The fourth-order valence-electron chi connectivity index (χ4n) is 2.82. The minimum absolute atomic E-state index is 0.0423. The number of hydrogen-bond acceptors (Lipinski definition) is 7.